The van der Waals surface area contributed by atoms with Gasteiger partial charge in [-0.15, -0.1) is 0 Å². The lowest BCUT2D eigenvalue weighted by atomic mass is 9.85. The molecular formula is C47H79O14P. The van der Waals surface area contributed by atoms with E-state index in [1.807, 2.05) is 43.4 Å². The monoisotopic (exact) mass is 899 g/mol. The van der Waals surface area contributed by atoms with E-state index >= 15 is 0 Å². The van der Waals surface area contributed by atoms with Gasteiger partial charge in [0.05, 0.1) is 12.7 Å². The van der Waals surface area contributed by atoms with E-state index in [-0.39, 0.29) is 12.8 Å². The van der Waals surface area contributed by atoms with Crippen LogP contribution in [-0.4, -0.2) is 110 Å². The van der Waals surface area contributed by atoms with E-state index in [0.29, 0.717) is 25.7 Å². The third-order valence-electron chi connectivity index (χ3n) is 10.2. The Morgan fingerprint density at radius 2 is 1.06 bits per heavy atom. The first-order valence-electron chi connectivity index (χ1n) is 22.8. The van der Waals surface area contributed by atoms with Gasteiger partial charge in [0, 0.05) is 12.8 Å². The van der Waals surface area contributed by atoms with Crippen LogP contribution >= 0.6 is 7.82 Å². The van der Waals surface area contributed by atoms with E-state index in [9.17, 15) is 49.7 Å². The predicted molar refractivity (Wildman–Crippen MR) is 241 cm³/mol. The van der Waals surface area contributed by atoms with Gasteiger partial charge in [0.25, 0.3) is 0 Å². The molecule has 0 aliphatic heterocycles. The number of carbonyl (C=O) groups excluding carboxylic acids is 2. The Balaban J connectivity index is 2.53. The standard InChI is InChI=1S/C47H79O14P/c1-3-5-6-7-8-9-10-11-12-16-19-22-25-28-31-34-40(49)58-36-39(37-59-62(56,57)61-47-45(54)43(52)42(51)44(53)46(47)55)60-41(50)35-32-29-26-23-20-17-14-13-15-18-21-24-27-30-33-38(48)4-2/h11-12,14-15,17-18,23-24,26-27,30,33,38-39,42-48,51-55H,3-10,13,16,19-22,25,28-29,31-32,34-37H2,1-2H3,(H,56,57)/b12-11-,17-14-,18-15-,26-23-,27-24-,33-30+. The highest BCUT2D eigenvalue weighted by atomic mass is 31.2. The molecule has 62 heavy (non-hydrogen) atoms. The van der Waals surface area contributed by atoms with Crippen molar-refractivity contribution in [1.29, 1.82) is 0 Å². The average Bonchev–Trinajstić information content (AvgIpc) is 3.25. The van der Waals surface area contributed by atoms with Crippen LogP contribution in [0.5, 0.6) is 0 Å². The fourth-order valence-electron chi connectivity index (χ4n) is 6.33. The quantitative estimate of drug-likeness (QED) is 0.0105. The minimum absolute atomic E-state index is 0.000390. The molecule has 7 N–H and O–H groups in total. The molecule has 1 fully saturated rings. The first kappa shape index (κ1) is 57.3. The molecule has 0 saturated heterocycles. The number of phosphoric ester groups is 1. The molecule has 1 aliphatic rings. The summed E-state index contributed by atoms with van der Waals surface area (Å²) >= 11 is 0. The van der Waals surface area contributed by atoms with E-state index in [1.165, 1.54) is 38.5 Å². The molecule has 7 atom stereocenters. The number of hydrogen-bond donors (Lipinski definition) is 7. The molecule has 0 aromatic heterocycles. The van der Waals surface area contributed by atoms with Gasteiger partial charge in [-0.05, 0) is 70.6 Å². The summed E-state index contributed by atoms with van der Waals surface area (Å²) in [5.41, 5.74) is 0. The van der Waals surface area contributed by atoms with Gasteiger partial charge < -0.3 is 45.0 Å². The van der Waals surface area contributed by atoms with Crippen LogP contribution in [0.2, 0.25) is 0 Å². The van der Waals surface area contributed by atoms with Crippen LogP contribution in [0.1, 0.15) is 149 Å². The Labute approximate surface area is 370 Å². The molecule has 0 amide bonds. The van der Waals surface area contributed by atoms with E-state index < -0.39 is 81.8 Å². The Kier molecular flexibility index (Phi) is 33.8. The summed E-state index contributed by atoms with van der Waals surface area (Å²) in [4.78, 5) is 35.7. The topological polar surface area (TPSA) is 230 Å². The molecular weight excluding hydrogens is 819 g/mol. The largest absolute Gasteiger partial charge is 0.472 e. The molecule has 0 aromatic carbocycles. The van der Waals surface area contributed by atoms with Crippen LogP contribution in [0.15, 0.2) is 72.9 Å². The molecule has 0 heterocycles. The van der Waals surface area contributed by atoms with Crippen molar-refractivity contribution < 1.29 is 68.2 Å². The maximum absolute atomic E-state index is 12.8. The van der Waals surface area contributed by atoms with Crippen LogP contribution in [0.4, 0.5) is 0 Å². The smallest absolute Gasteiger partial charge is 0.462 e. The third-order valence-corrected chi connectivity index (χ3v) is 11.2. The highest BCUT2D eigenvalue weighted by Crippen LogP contribution is 2.47. The summed E-state index contributed by atoms with van der Waals surface area (Å²) in [6, 6.07) is 0. The van der Waals surface area contributed by atoms with E-state index in [4.69, 9.17) is 18.5 Å². The van der Waals surface area contributed by atoms with Crippen LogP contribution < -0.4 is 0 Å². The van der Waals surface area contributed by atoms with Crippen molar-refractivity contribution in [2.75, 3.05) is 13.2 Å². The van der Waals surface area contributed by atoms with E-state index in [2.05, 4.69) is 37.3 Å². The fourth-order valence-corrected chi connectivity index (χ4v) is 7.30. The summed E-state index contributed by atoms with van der Waals surface area (Å²) in [7, 11) is -5.15. The second kappa shape index (κ2) is 36.6. The maximum atomic E-state index is 12.8. The minimum atomic E-state index is -5.15. The molecule has 356 valence electrons. The first-order valence-corrected chi connectivity index (χ1v) is 24.3. The van der Waals surface area contributed by atoms with Gasteiger partial charge in [-0.1, -0.05) is 138 Å². The van der Waals surface area contributed by atoms with Crippen molar-refractivity contribution in [2.24, 2.45) is 0 Å². The van der Waals surface area contributed by atoms with E-state index in [1.54, 1.807) is 6.08 Å². The third kappa shape index (κ3) is 28.8. The van der Waals surface area contributed by atoms with E-state index in [0.717, 1.165) is 57.8 Å². The number of esters is 2. The number of phosphoric acid groups is 1. The molecule has 7 unspecified atom stereocenters. The van der Waals surface area contributed by atoms with Gasteiger partial charge in [-0.2, -0.15) is 0 Å². The molecule has 1 saturated carbocycles. The Hall–Kier alpha value is -2.75. The molecule has 0 aromatic rings. The molecule has 1 rings (SSSR count). The zero-order chi connectivity index (χ0) is 45.9. The van der Waals surface area contributed by atoms with Crippen molar-refractivity contribution in [3.8, 4) is 0 Å². The maximum Gasteiger partial charge on any atom is 0.472 e. The second-order valence-corrected chi connectivity index (χ2v) is 17.1. The normalized spacial score (nSPS) is 23.0. The molecule has 1 aliphatic carbocycles. The first-order chi connectivity index (χ1) is 29.8. The van der Waals surface area contributed by atoms with Crippen LogP contribution in [0.3, 0.4) is 0 Å². The lowest BCUT2D eigenvalue weighted by Gasteiger charge is -2.41. The van der Waals surface area contributed by atoms with Gasteiger partial charge in [0.1, 0.15) is 43.2 Å². The zero-order valence-corrected chi connectivity index (χ0v) is 38.1. The molecule has 0 spiro atoms. The highest BCUT2D eigenvalue weighted by molar-refractivity contribution is 7.47. The van der Waals surface area contributed by atoms with Crippen molar-refractivity contribution in [2.45, 2.75) is 198 Å². The average molecular weight is 899 g/mol. The van der Waals surface area contributed by atoms with Crippen molar-refractivity contribution in [3.05, 3.63) is 72.9 Å². The molecule has 15 heteroatoms. The van der Waals surface area contributed by atoms with Crippen LogP contribution in [-0.2, 0) is 32.7 Å². The number of hydrogen-bond acceptors (Lipinski definition) is 13. The van der Waals surface area contributed by atoms with Crippen molar-refractivity contribution >= 4 is 19.8 Å². The van der Waals surface area contributed by atoms with Crippen LogP contribution in [0.25, 0.3) is 0 Å². The Bertz CT molecular complexity index is 1380. The van der Waals surface area contributed by atoms with Gasteiger partial charge >= 0.3 is 19.8 Å². The number of aliphatic hydroxyl groups is 6. The fraction of sp³-hybridized carbons (Fsp3) is 0.702. The summed E-state index contributed by atoms with van der Waals surface area (Å²) in [5, 5.41) is 59.6. The lowest BCUT2D eigenvalue weighted by molar-refractivity contribution is -0.220. The molecule has 0 bridgehead atoms. The minimum Gasteiger partial charge on any atom is -0.462 e. The SMILES string of the molecule is CCCCCCCC/C=C\CCCCCCCC(=O)OCC(COP(=O)(O)OC1C(O)C(O)C(O)C(O)C1O)OC(=O)CCC/C=C\C/C=C\C/C=C\C/C=C\C=C\C(O)CC. The van der Waals surface area contributed by atoms with Gasteiger partial charge in [0.15, 0.2) is 6.10 Å². The lowest BCUT2D eigenvalue weighted by Crippen LogP contribution is -2.64. The number of aliphatic hydroxyl groups excluding tert-OH is 6. The predicted octanol–water partition coefficient (Wildman–Crippen LogP) is 7.69. The number of carbonyl (C=O) groups is 2. The summed E-state index contributed by atoms with van der Waals surface area (Å²) < 4.78 is 33.4. The second-order valence-electron chi connectivity index (χ2n) is 15.7. The highest BCUT2D eigenvalue weighted by Gasteiger charge is 2.51. The number of ether oxygens (including phenoxy) is 2. The molecule has 14 nitrogen and oxygen atoms in total. The van der Waals surface area contributed by atoms with Gasteiger partial charge in [-0.25, -0.2) is 4.57 Å². The summed E-state index contributed by atoms with van der Waals surface area (Å²) in [5.74, 6) is -1.20. The van der Waals surface area contributed by atoms with Crippen LogP contribution in [0, 0.1) is 0 Å². The number of allylic oxidation sites excluding steroid dienone is 11. The van der Waals surface area contributed by atoms with Gasteiger partial charge in [0.2, 0.25) is 0 Å². The van der Waals surface area contributed by atoms with Crippen molar-refractivity contribution in [3.63, 3.8) is 0 Å². The zero-order valence-electron chi connectivity index (χ0n) is 37.2. The number of rotatable bonds is 36. The van der Waals surface area contributed by atoms with Crippen molar-refractivity contribution in [1.82, 2.24) is 0 Å². The summed E-state index contributed by atoms with van der Waals surface area (Å²) in [6.07, 6.45) is 29.1. The Morgan fingerprint density at radius 3 is 1.66 bits per heavy atom. The molecule has 0 radical (unpaired) electrons. The Morgan fingerprint density at radius 1 is 0.581 bits per heavy atom. The summed E-state index contributed by atoms with van der Waals surface area (Å²) in [6.45, 7) is 2.90. The van der Waals surface area contributed by atoms with Gasteiger partial charge in [-0.3, -0.25) is 18.6 Å². The number of unbranched alkanes of at least 4 members (excludes halogenated alkanes) is 12.